The van der Waals surface area contributed by atoms with Crippen molar-refractivity contribution in [1.29, 1.82) is 5.41 Å². The monoisotopic (exact) mass is 616 g/mol. The van der Waals surface area contributed by atoms with Crippen LogP contribution < -0.4 is 22.1 Å². The summed E-state index contributed by atoms with van der Waals surface area (Å²) in [6.07, 6.45) is 0. The molecule has 2 aliphatic rings. The van der Waals surface area contributed by atoms with Gasteiger partial charge in [0.05, 0.1) is 6.54 Å². The Balaban J connectivity index is 1.45. The van der Waals surface area contributed by atoms with Gasteiger partial charge in [0.2, 0.25) is 5.16 Å². The van der Waals surface area contributed by atoms with Gasteiger partial charge in [0, 0.05) is 18.1 Å². The number of tetrazole rings is 1. The molecule has 1 saturated heterocycles. The number of oxime groups is 1. The Labute approximate surface area is 237 Å². The van der Waals surface area contributed by atoms with E-state index in [-0.39, 0.29) is 44.0 Å². The van der Waals surface area contributed by atoms with Crippen molar-refractivity contribution in [2.24, 2.45) is 10.9 Å². The average molecular weight is 617 g/mol. The summed E-state index contributed by atoms with van der Waals surface area (Å²) in [6, 6.07) is -1.01. The number of rotatable bonds is 11. The van der Waals surface area contributed by atoms with E-state index in [9.17, 15) is 19.5 Å². The molecule has 2 aromatic rings. The number of guanidine groups is 1. The maximum absolute atomic E-state index is 13.0. The Bertz CT molecular complexity index is 1380. The third-order valence-corrected chi connectivity index (χ3v) is 8.74. The maximum atomic E-state index is 13.0. The second kappa shape index (κ2) is 12.1. The van der Waals surface area contributed by atoms with E-state index in [2.05, 4.69) is 36.3 Å². The molecule has 39 heavy (non-hydrogen) atoms. The van der Waals surface area contributed by atoms with Crippen molar-refractivity contribution in [3.63, 3.8) is 0 Å². The predicted octanol–water partition coefficient (Wildman–Crippen LogP) is -1.27. The normalized spacial score (nSPS) is 18.9. The number of anilines is 1. The molecule has 1 fully saturated rings. The number of amides is 2. The van der Waals surface area contributed by atoms with E-state index in [1.165, 1.54) is 35.3 Å². The van der Waals surface area contributed by atoms with Gasteiger partial charge < -0.3 is 32.0 Å². The van der Waals surface area contributed by atoms with Crippen LogP contribution in [-0.4, -0.2) is 101 Å². The second-order valence-corrected chi connectivity index (χ2v) is 11.4. The molecular weight excluding hydrogens is 596 g/mol. The van der Waals surface area contributed by atoms with Gasteiger partial charge in [-0.05, 0) is 16.0 Å². The van der Waals surface area contributed by atoms with Crippen LogP contribution in [0.5, 0.6) is 0 Å². The van der Waals surface area contributed by atoms with Crippen molar-refractivity contribution >= 4 is 81.0 Å². The molecule has 2 aliphatic heterocycles. The van der Waals surface area contributed by atoms with Crippen molar-refractivity contribution < 1.29 is 24.3 Å². The van der Waals surface area contributed by atoms with Crippen molar-refractivity contribution in [2.45, 2.75) is 23.1 Å². The number of thiazole rings is 1. The fourth-order valence-electron chi connectivity index (χ4n) is 3.64. The number of thioether (sulfide) groups is 2. The Morgan fingerprint density at radius 2 is 2.21 bits per heavy atom. The molecule has 0 aliphatic carbocycles. The number of carboxylic acid groups (broad SMARTS) is 1. The van der Waals surface area contributed by atoms with Crippen LogP contribution in [0.2, 0.25) is 4.34 Å². The molecule has 8 N–H and O–H groups in total. The van der Waals surface area contributed by atoms with E-state index in [0.29, 0.717) is 23.8 Å². The fraction of sp³-hybridized carbons (Fsp3) is 0.389. The summed E-state index contributed by atoms with van der Waals surface area (Å²) in [7, 11) is 1.23. The standard InChI is InChI=1S/C18H21ClN12O5S3/c1-36-27-8(7-11(19)39-17(22)25-7)12(32)24-9-13(33)31-10(15(34)35)6(4-37-14(9)31)5-38-18-26-28-29-30(18)3-2-23-16(20)21/h9,14H,2-5H2,1H3,(H2,22,25)(H,24,32)(H,34,35)(H4,20,21,23)/b27-8-/t9-,14+/m1/s1. The zero-order chi connectivity index (χ0) is 28.3. The molecule has 2 amide bonds. The quantitative estimate of drug-likeness (QED) is 0.0566. The van der Waals surface area contributed by atoms with Crippen molar-refractivity contribution in [1.82, 2.24) is 40.7 Å². The number of nitrogen functional groups attached to an aromatic ring is 1. The lowest BCUT2D eigenvalue weighted by Crippen LogP contribution is -2.71. The molecule has 208 valence electrons. The number of carboxylic acids is 1. The topological polar surface area (TPSA) is 253 Å². The first-order valence-electron chi connectivity index (χ1n) is 10.8. The summed E-state index contributed by atoms with van der Waals surface area (Å²) in [5, 5.41) is 37.4. The van der Waals surface area contributed by atoms with Crippen LogP contribution in [-0.2, 0) is 25.8 Å². The highest BCUT2D eigenvalue weighted by atomic mass is 35.5. The fourth-order valence-corrected chi connectivity index (χ4v) is 6.96. The molecule has 2 aromatic heterocycles. The Morgan fingerprint density at radius 3 is 2.85 bits per heavy atom. The summed E-state index contributed by atoms with van der Waals surface area (Å²) in [5.74, 6) is -2.34. The number of hydrogen-bond donors (Lipinski definition) is 6. The first kappa shape index (κ1) is 28.4. The van der Waals surface area contributed by atoms with Crippen LogP contribution in [0.3, 0.4) is 0 Å². The maximum Gasteiger partial charge on any atom is 0.352 e. The highest BCUT2D eigenvalue weighted by molar-refractivity contribution is 8.01. The molecular formula is C18H21ClN12O5S3. The van der Waals surface area contributed by atoms with Gasteiger partial charge in [-0.15, -0.1) is 16.9 Å². The predicted molar refractivity (Wildman–Crippen MR) is 143 cm³/mol. The molecule has 0 saturated carbocycles. The van der Waals surface area contributed by atoms with E-state index >= 15 is 0 Å². The van der Waals surface area contributed by atoms with Crippen LogP contribution in [0.25, 0.3) is 0 Å². The minimum atomic E-state index is -1.27. The van der Waals surface area contributed by atoms with Gasteiger partial charge in [-0.25, -0.2) is 14.5 Å². The minimum absolute atomic E-state index is 0.00305. The number of nitrogens with one attached hydrogen (secondary N) is 3. The molecule has 0 bridgehead atoms. The van der Waals surface area contributed by atoms with Crippen LogP contribution in [0, 0.1) is 5.41 Å². The summed E-state index contributed by atoms with van der Waals surface area (Å²) >= 11 is 9.55. The number of nitrogens with two attached hydrogens (primary N) is 2. The smallest absolute Gasteiger partial charge is 0.352 e. The number of aromatic nitrogens is 5. The number of fused-ring (bicyclic) bond motifs is 1. The van der Waals surface area contributed by atoms with Gasteiger partial charge in [-0.1, -0.05) is 39.9 Å². The average Bonchev–Trinajstić information content (AvgIpc) is 3.47. The van der Waals surface area contributed by atoms with E-state index < -0.39 is 29.2 Å². The van der Waals surface area contributed by atoms with E-state index in [1.807, 2.05) is 0 Å². The highest BCUT2D eigenvalue weighted by Gasteiger charge is 2.54. The Kier molecular flexibility index (Phi) is 8.77. The number of halogens is 1. The molecule has 0 spiro atoms. The molecule has 4 heterocycles. The molecule has 0 radical (unpaired) electrons. The summed E-state index contributed by atoms with van der Waals surface area (Å²) in [6.45, 7) is 0.651. The lowest BCUT2D eigenvalue weighted by Gasteiger charge is -2.49. The summed E-state index contributed by atoms with van der Waals surface area (Å²) in [5.41, 5.74) is 11.0. The number of carbonyl (C=O) groups is 3. The number of hydrogen-bond acceptors (Lipinski definition) is 14. The number of carbonyl (C=O) groups excluding carboxylic acids is 2. The van der Waals surface area contributed by atoms with Crippen molar-refractivity contribution in [2.75, 3.05) is 30.9 Å². The largest absolute Gasteiger partial charge is 0.477 e. The molecule has 2 atom stereocenters. The van der Waals surface area contributed by atoms with Gasteiger partial charge in [-0.3, -0.25) is 19.9 Å². The lowest BCUT2D eigenvalue weighted by atomic mass is 10.0. The van der Waals surface area contributed by atoms with Gasteiger partial charge >= 0.3 is 5.97 Å². The minimum Gasteiger partial charge on any atom is -0.477 e. The highest BCUT2D eigenvalue weighted by Crippen LogP contribution is 2.41. The third-order valence-electron chi connectivity index (χ3n) is 5.27. The van der Waals surface area contributed by atoms with Crippen molar-refractivity contribution in [3.8, 4) is 0 Å². The number of nitrogens with zero attached hydrogens (tertiary/aromatic N) is 7. The van der Waals surface area contributed by atoms with Crippen LogP contribution >= 0.6 is 46.5 Å². The Hall–Kier alpha value is -3.62. The molecule has 17 nitrogen and oxygen atoms in total. The van der Waals surface area contributed by atoms with Gasteiger partial charge in [0.25, 0.3) is 11.8 Å². The van der Waals surface area contributed by atoms with Crippen LogP contribution in [0.1, 0.15) is 5.69 Å². The van der Waals surface area contributed by atoms with E-state index in [4.69, 9.17) is 33.3 Å². The SMILES string of the molecule is CO/N=C(\C(=O)N[C@@H]1C(=O)N2C(C(=O)O)=C(CSc3nnnn3CCNC(=N)N)CS[C@@H]12)c1nc(N)sc1Cl. The van der Waals surface area contributed by atoms with Crippen LogP contribution in [0.4, 0.5) is 5.13 Å². The Morgan fingerprint density at radius 1 is 1.44 bits per heavy atom. The first-order chi connectivity index (χ1) is 18.6. The van der Waals surface area contributed by atoms with Gasteiger partial charge in [-0.2, -0.15) is 0 Å². The van der Waals surface area contributed by atoms with E-state index in [1.54, 1.807) is 0 Å². The third kappa shape index (κ3) is 6.02. The molecule has 21 heteroatoms. The van der Waals surface area contributed by atoms with Gasteiger partial charge in [0.15, 0.2) is 16.8 Å². The van der Waals surface area contributed by atoms with E-state index in [0.717, 1.165) is 16.2 Å². The van der Waals surface area contributed by atoms with Gasteiger partial charge in [0.1, 0.15) is 34.3 Å². The van der Waals surface area contributed by atoms with Crippen LogP contribution in [0.15, 0.2) is 21.6 Å². The zero-order valence-electron chi connectivity index (χ0n) is 20.0. The lowest BCUT2D eigenvalue weighted by molar-refractivity contribution is -0.150. The van der Waals surface area contributed by atoms with Crippen molar-refractivity contribution in [3.05, 3.63) is 21.3 Å². The number of aliphatic carboxylic acids is 1. The molecule has 0 unspecified atom stereocenters. The summed E-state index contributed by atoms with van der Waals surface area (Å²) in [4.78, 5) is 48.0. The molecule has 4 rings (SSSR count). The summed E-state index contributed by atoms with van der Waals surface area (Å²) < 4.78 is 1.61. The second-order valence-electron chi connectivity index (χ2n) is 7.73. The molecule has 0 aromatic carbocycles. The first-order valence-corrected chi connectivity index (χ1v) is 14.1. The number of β-lactam (4-membered cyclic amide) rings is 1. The zero-order valence-corrected chi connectivity index (χ0v) is 23.2.